The first-order valence-corrected chi connectivity index (χ1v) is 11.0. The average molecular weight is 411 g/mol. The molecule has 3 unspecified atom stereocenters. The summed E-state index contributed by atoms with van der Waals surface area (Å²) in [5.74, 6) is 0.0253. The van der Waals surface area contributed by atoms with Gasteiger partial charge in [0.1, 0.15) is 12.2 Å². The van der Waals surface area contributed by atoms with Gasteiger partial charge in [0.2, 0.25) is 0 Å². The van der Waals surface area contributed by atoms with E-state index >= 15 is 0 Å². The molecule has 2 aliphatic carbocycles. The Morgan fingerprint density at radius 1 is 1.28 bits per heavy atom. The zero-order valence-corrected chi connectivity index (χ0v) is 18.3. The van der Waals surface area contributed by atoms with Crippen LogP contribution in [-0.2, 0) is 18.9 Å². The Morgan fingerprint density at radius 2 is 1.97 bits per heavy atom. The number of methoxy groups -OCH3 is 1. The number of allylic oxidation sites excluding steroid dienone is 1. The van der Waals surface area contributed by atoms with Crippen molar-refractivity contribution in [2.75, 3.05) is 20.3 Å². The third-order valence-corrected chi connectivity index (χ3v) is 6.68. The number of hydrogen-bond donors (Lipinski definition) is 2. The van der Waals surface area contributed by atoms with Crippen molar-refractivity contribution in [1.82, 2.24) is 5.32 Å². The second-order valence-corrected chi connectivity index (χ2v) is 9.14. The molecule has 1 heterocycles. The zero-order chi connectivity index (χ0) is 21.0. The predicted octanol–water partition coefficient (Wildman–Crippen LogP) is 2.92. The lowest BCUT2D eigenvalue weighted by Gasteiger charge is -2.43. The van der Waals surface area contributed by atoms with Gasteiger partial charge >= 0.3 is 6.09 Å². The lowest BCUT2D eigenvalue weighted by molar-refractivity contribution is -0.138. The molecule has 1 spiro atoms. The molecule has 5 atom stereocenters. The number of carbonyl (C=O) groups is 1. The molecule has 1 amide bonds. The highest BCUT2D eigenvalue weighted by molar-refractivity contribution is 5.67. The highest BCUT2D eigenvalue weighted by Crippen LogP contribution is 2.49. The van der Waals surface area contributed by atoms with Crippen LogP contribution in [0.25, 0.3) is 0 Å². The van der Waals surface area contributed by atoms with Gasteiger partial charge in [-0.1, -0.05) is 11.6 Å². The summed E-state index contributed by atoms with van der Waals surface area (Å²) in [7, 11) is 1.68. The minimum Gasteiger partial charge on any atom is -0.443 e. The summed E-state index contributed by atoms with van der Waals surface area (Å²) >= 11 is 0. The van der Waals surface area contributed by atoms with Gasteiger partial charge in [0.05, 0.1) is 24.9 Å². The van der Waals surface area contributed by atoms with Crippen LogP contribution in [0.15, 0.2) is 11.6 Å². The van der Waals surface area contributed by atoms with E-state index in [2.05, 4.69) is 32.2 Å². The maximum atomic E-state index is 12.5. The van der Waals surface area contributed by atoms with E-state index in [-0.39, 0.29) is 48.0 Å². The van der Waals surface area contributed by atoms with Gasteiger partial charge in [-0.2, -0.15) is 0 Å². The molecule has 3 N–H and O–H groups in total. The Kier molecular flexibility index (Phi) is 7.59. The van der Waals surface area contributed by atoms with E-state index in [9.17, 15) is 4.79 Å². The van der Waals surface area contributed by atoms with Crippen LogP contribution in [0.2, 0.25) is 0 Å². The second-order valence-electron chi connectivity index (χ2n) is 9.14. The molecule has 29 heavy (non-hydrogen) atoms. The van der Waals surface area contributed by atoms with Crippen LogP contribution in [0.1, 0.15) is 59.3 Å². The van der Waals surface area contributed by atoms with E-state index < -0.39 is 0 Å². The molecule has 7 heteroatoms. The van der Waals surface area contributed by atoms with Crippen molar-refractivity contribution >= 4 is 6.09 Å². The van der Waals surface area contributed by atoms with Gasteiger partial charge in [-0.15, -0.1) is 0 Å². The van der Waals surface area contributed by atoms with Crippen LogP contribution in [0.4, 0.5) is 4.79 Å². The molecule has 0 aromatic heterocycles. The maximum Gasteiger partial charge on any atom is 0.407 e. The number of amides is 1. The van der Waals surface area contributed by atoms with E-state index in [1.54, 1.807) is 7.11 Å². The minimum atomic E-state index is -0.359. The molecular weight excluding hydrogens is 372 g/mol. The number of alkyl carbamates (subject to hydrolysis) is 1. The summed E-state index contributed by atoms with van der Waals surface area (Å²) in [6.45, 7) is 7.45. The molecule has 3 fully saturated rings. The number of carbonyl (C=O) groups excluding carboxylic acids is 1. The van der Waals surface area contributed by atoms with Crippen LogP contribution in [-0.4, -0.2) is 62.4 Å². The van der Waals surface area contributed by atoms with Gasteiger partial charge in [-0.3, -0.25) is 0 Å². The fourth-order valence-electron chi connectivity index (χ4n) is 4.87. The molecule has 0 aromatic carbocycles. The zero-order valence-electron chi connectivity index (χ0n) is 18.3. The molecule has 7 nitrogen and oxygen atoms in total. The topological polar surface area (TPSA) is 95.3 Å². The van der Waals surface area contributed by atoms with Gasteiger partial charge in [-0.05, 0) is 59.3 Å². The van der Waals surface area contributed by atoms with E-state index in [0.717, 1.165) is 45.1 Å². The van der Waals surface area contributed by atoms with Crippen LogP contribution in [0.3, 0.4) is 0 Å². The molecule has 3 rings (SSSR count). The Morgan fingerprint density at radius 3 is 2.55 bits per heavy atom. The van der Waals surface area contributed by atoms with Crippen molar-refractivity contribution in [3.05, 3.63) is 11.6 Å². The number of rotatable bonds is 7. The third kappa shape index (κ3) is 5.72. The highest BCUT2D eigenvalue weighted by Gasteiger charge is 2.61. The van der Waals surface area contributed by atoms with Gasteiger partial charge in [0.15, 0.2) is 0 Å². The predicted molar refractivity (Wildman–Crippen MR) is 111 cm³/mol. The maximum absolute atomic E-state index is 12.5. The summed E-state index contributed by atoms with van der Waals surface area (Å²) in [6, 6.07) is 0.399. The summed E-state index contributed by atoms with van der Waals surface area (Å²) in [5, 5.41) is 3.02. The molecule has 166 valence electrons. The molecule has 2 saturated carbocycles. The first kappa shape index (κ1) is 22.5. The normalized spacial score (nSPS) is 37.6. The van der Waals surface area contributed by atoms with Crippen molar-refractivity contribution in [3.63, 3.8) is 0 Å². The molecular formula is C22H38N2O5. The Balaban J connectivity index is 1.59. The van der Waals surface area contributed by atoms with E-state index in [0.29, 0.717) is 6.61 Å². The van der Waals surface area contributed by atoms with Crippen molar-refractivity contribution in [2.24, 2.45) is 11.7 Å². The quantitative estimate of drug-likeness (QED) is 0.495. The van der Waals surface area contributed by atoms with E-state index in [4.69, 9.17) is 24.7 Å². The molecule has 0 aromatic rings. The number of hydrogen-bond acceptors (Lipinski definition) is 6. The number of nitrogens with one attached hydrogen (secondary N) is 1. The average Bonchev–Trinajstić information content (AvgIpc) is 3.44. The van der Waals surface area contributed by atoms with Crippen molar-refractivity contribution in [3.8, 4) is 0 Å². The van der Waals surface area contributed by atoms with Crippen LogP contribution in [0, 0.1) is 5.92 Å². The number of nitrogens with two attached hydrogens (primary N) is 1. The van der Waals surface area contributed by atoms with Crippen LogP contribution >= 0.6 is 0 Å². The second kappa shape index (κ2) is 9.77. The summed E-state index contributed by atoms with van der Waals surface area (Å²) in [5.41, 5.74) is 6.97. The fourth-order valence-corrected chi connectivity index (χ4v) is 4.87. The van der Waals surface area contributed by atoms with Gasteiger partial charge in [0, 0.05) is 25.1 Å². The summed E-state index contributed by atoms with van der Waals surface area (Å²) in [6.07, 6.45) is 6.37. The van der Waals surface area contributed by atoms with E-state index in [1.165, 1.54) is 5.57 Å². The van der Waals surface area contributed by atoms with Crippen molar-refractivity contribution in [2.45, 2.75) is 95.3 Å². The molecule has 0 radical (unpaired) electrons. The lowest BCUT2D eigenvalue weighted by atomic mass is 9.73. The van der Waals surface area contributed by atoms with Gasteiger partial charge in [0.25, 0.3) is 0 Å². The largest absolute Gasteiger partial charge is 0.443 e. The van der Waals surface area contributed by atoms with Crippen LogP contribution < -0.4 is 11.1 Å². The Labute approximate surface area is 174 Å². The van der Waals surface area contributed by atoms with Gasteiger partial charge in [-0.25, -0.2) is 4.79 Å². The van der Waals surface area contributed by atoms with Gasteiger partial charge < -0.3 is 30.0 Å². The number of epoxide rings is 1. The number of ether oxygens (including phenoxy) is 4. The highest BCUT2D eigenvalue weighted by atomic mass is 16.6. The standard InChI is InChI=1S/C22H38N2O5/c1-14(2)10-12-27-15(3)19-20(26-4)18(9-11-22(19)13-28-22)29-21(25)24-17-7-5-16(23)6-8-17/h10,15-20H,5-9,11-13,23H2,1-4H3,(H,24,25)/t15-,16-,17-,18?,19?,20?,22-/m0/s1. The fraction of sp³-hybridized carbons (Fsp3) is 0.864. The monoisotopic (exact) mass is 410 g/mol. The Hall–Kier alpha value is -1.15. The molecule has 3 aliphatic rings. The lowest BCUT2D eigenvalue weighted by Crippen LogP contribution is -2.55. The SMILES string of the molecule is COC1C(OC(=O)N[C@H]2CC[C@H](N)CC2)CC[C@]2(CO2)C1[C@H](C)OCC=C(C)C. The molecule has 1 aliphatic heterocycles. The molecule has 0 bridgehead atoms. The van der Waals surface area contributed by atoms with Crippen molar-refractivity contribution < 1.29 is 23.7 Å². The van der Waals surface area contributed by atoms with Crippen molar-refractivity contribution in [1.29, 1.82) is 0 Å². The smallest absolute Gasteiger partial charge is 0.407 e. The van der Waals surface area contributed by atoms with Crippen LogP contribution in [0.5, 0.6) is 0 Å². The third-order valence-electron chi connectivity index (χ3n) is 6.68. The first-order valence-electron chi connectivity index (χ1n) is 11.0. The summed E-state index contributed by atoms with van der Waals surface area (Å²) < 4.78 is 23.6. The Bertz CT molecular complexity index is 580. The molecule has 1 saturated heterocycles. The first-order chi connectivity index (χ1) is 13.8. The minimum absolute atomic E-state index is 0.0253. The van der Waals surface area contributed by atoms with E-state index in [1.807, 2.05) is 0 Å². The summed E-state index contributed by atoms with van der Waals surface area (Å²) in [4.78, 5) is 12.5.